The van der Waals surface area contributed by atoms with Crippen LogP contribution in [0.15, 0.2) is 39.0 Å². The van der Waals surface area contributed by atoms with Crippen LogP contribution in [0.3, 0.4) is 0 Å². The quantitative estimate of drug-likeness (QED) is 0.476. The highest BCUT2D eigenvalue weighted by molar-refractivity contribution is 5.82. The lowest BCUT2D eigenvalue weighted by atomic mass is 10.2. The number of H-pyrrole nitrogens is 2. The lowest BCUT2D eigenvalue weighted by Gasteiger charge is -2.00. The SMILES string of the molecule is Cc1ccc(NN=Cc2c(O)[nH]c(=O)[nH]c2=O)cc1. The third-order valence-electron chi connectivity index (χ3n) is 2.40. The second-order valence-electron chi connectivity index (χ2n) is 3.91. The third kappa shape index (κ3) is 3.09. The highest BCUT2D eigenvalue weighted by atomic mass is 16.3. The van der Waals surface area contributed by atoms with Gasteiger partial charge >= 0.3 is 5.69 Å². The molecule has 19 heavy (non-hydrogen) atoms. The summed E-state index contributed by atoms with van der Waals surface area (Å²) in [5, 5.41) is 13.2. The summed E-state index contributed by atoms with van der Waals surface area (Å²) >= 11 is 0. The number of aryl methyl sites for hydroxylation is 1. The van der Waals surface area contributed by atoms with Crippen LogP contribution in [0.5, 0.6) is 5.88 Å². The maximum atomic E-state index is 11.4. The van der Waals surface area contributed by atoms with Gasteiger partial charge in [0.1, 0.15) is 5.56 Å². The number of aromatic hydroxyl groups is 1. The first kappa shape index (κ1) is 12.6. The largest absolute Gasteiger partial charge is 0.494 e. The average molecular weight is 260 g/mol. The molecule has 1 heterocycles. The first-order chi connectivity index (χ1) is 9.06. The molecule has 4 N–H and O–H groups in total. The van der Waals surface area contributed by atoms with Gasteiger partial charge in [-0.1, -0.05) is 17.7 Å². The van der Waals surface area contributed by atoms with Gasteiger partial charge in [-0.15, -0.1) is 0 Å². The van der Waals surface area contributed by atoms with Crippen LogP contribution in [0.1, 0.15) is 11.1 Å². The van der Waals surface area contributed by atoms with Crippen molar-refractivity contribution in [3.05, 3.63) is 56.2 Å². The molecular formula is C12H12N4O3. The number of nitrogens with one attached hydrogen (secondary N) is 3. The zero-order valence-corrected chi connectivity index (χ0v) is 10.1. The van der Waals surface area contributed by atoms with E-state index in [-0.39, 0.29) is 5.56 Å². The summed E-state index contributed by atoms with van der Waals surface area (Å²) in [6.07, 6.45) is 1.13. The summed E-state index contributed by atoms with van der Waals surface area (Å²) < 4.78 is 0. The highest BCUT2D eigenvalue weighted by Gasteiger charge is 2.04. The van der Waals surface area contributed by atoms with Crippen molar-refractivity contribution in [3.8, 4) is 5.88 Å². The van der Waals surface area contributed by atoms with Gasteiger partial charge in [0, 0.05) is 0 Å². The van der Waals surface area contributed by atoms with Gasteiger partial charge in [0.15, 0.2) is 0 Å². The predicted octanol–water partition coefficient (Wildman–Crippen LogP) is 0.523. The zero-order valence-electron chi connectivity index (χ0n) is 10.1. The number of aromatic nitrogens is 2. The van der Waals surface area contributed by atoms with E-state index in [1.165, 1.54) is 0 Å². The van der Waals surface area contributed by atoms with E-state index >= 15 is 0 Å². The van der Waals surface area contributed by atoms with Crippen LogP contribution in [0, 0.1) is 6.92 Å². The average Bonchev–Trinajstić information content (AvgIpc) is 2.34. The second-order valence-corrected chi connectivity index (χ2v) is 3.91. The smallest absolute Gasteiger partial charge is 0.328 e. The molecule has 0 fully saturated rings. The number of hydrazone groups is 1. The van der Waals surface area contributed by atoms with E-state index < -0.39 is 17.1 Å². The van der Waals surface area contributed by atoms with Crippen LogP contribution >= 0.6 is 0 Å². The molecule has 0 bridgehead atoms. The number of hydrogen-bond acceptors (Lipinski definition) is 5. The minimum Gasteiger partial charge on any atom is -0.494 e. The molecule has 2 aromatic rings. The van der Waals surface area contributed by atoms with Crippen molar-refractivity contribution in [1.29, 1.82) is 0 Å². The molecule has 0 aliphatic rings. The van der Waals surface area contributed by atoms with Crippen LogP contribution in [-0.2, 0) is 0 Å². The first-order valence-electron chi connectivity index (χ1n) is 5.47. The fourth-order valence-corrected chi connectivity index (χ4v) is 1.40. The van der Waals surface area contributed by atoms with E-state index in [4.69, 9.17) is 0 Å². The normalized spacial score (nSPS) is 10.8. The number of anilines is 1. The lowest BCUT2D eigenvalue weighted by Crippen LogP contribution is -2.25. The summed E-state index contributed by atoms with van der Waals surface area (Å²) in [7, 11) is 0. The molecule has 0 unspecified atom stereocenters. The van der Waals surface area contributed by atoms with Crippen molar-refractivity contribution in [3.63, 3.8) is 0 Å². The molecule has 0 aliphatic heterocycles. The molecule has 0 saturated carbocycles. The van der Waals surface area contributed by atoms with Crippen LogP contribution in [0.2, 0.25) is 0 Å². The molecule has 0 amide bonds. The van der Waals surface area contributed by atoms with E-state index in [0.717, 1.165) is 17.5 Å². The van der Waals surface area contributed by atoms with Crippen LogP contribution in [0.4, 0.5) is 5.69 Å². The lowest BCUT2D eigenvalue weighted by molar-refractivity contribution is 0.447. The van der Waals surface area contributed by atoms with Crippen molar-refractivity contribution in [2.45, 2.75) is 6.92 Å². The van der Waals surface area contributed by atoms with E-state index in [9.17, 15) is 14.7 Å². The van der Waals surface area contributed by atoms with Gasteiger partial charge in [0.05, 0.1) is 11.9 Å². The fourth-order valence-electron chi connectivity index (χ4n) is 1.40. The Labute approximate surface area is 107 Å². The number of rotatable bonds is 3. The predicted molar refractivity (Wildman–Crippen MR) is 71.7 cm³/mol. The summed E-state index contributed by atoms with van der Waals surface area (Å²) in [5.74, 6) is -0.525. The molecule has 0 saturated heterocycles. The number of aromatic amines is 2. The third-order valence-corrected chi connectivity index (χ3v) is 2.40. The molecule has 1 aromatic heterocycles. The fraction of sp³-hybridized carbons (Fsp3) is 0.0833. The maximum Gasteiger partial charge on any atom is 0.328 e. The zero-order chi connectivity index (χ0) is 13.8. The summed E-state index contributed by atoms with van der Waals surface area (Å²) in [4.78, 5) is 26.3. The Morgan fingerprint density at radius 3 is 2.53 bits per heavy atom. The van der Waals surface area contributed by atoms with Gasteiger partial charge in [-0.05, 0) is 19.1 Å². The van der Waals surface area contributed by atoms with E-state index in [0.29, 0.717) is 0 Å². The monoisotopic (exact) mass is 260 g/mol. The second kappa shape index (κ2) is 5.21. The molecule has 0 radical (unpaired) electrons. The van der Waals surface area contributed by atoms with Crippen molar-refractivity contribution < 1.29 is 5.11 Å². The van der Waals surface area contributed by atoms with Gasteiger partial charge in [-0.3, -0.25) is 20.2 Å². The van der Waals surface area contributed by atoms with E-state index in [2.05, 4.69) is 15.5 Å². The number of nitrogens with zero attached hydrogens (tertiary/aromatic N) is 1. The Kier molecular flexibility index (Phi) is 3.46. The van der Waals surface area contributed by atoms with Gasteiger partial charge in [0.2, 0.25) is 5.88 Å². The molecule has 7 nitrogen and oxygen atoms in total. The van der Waals surface area contributed by atoms with Crippen molar-refractivity contribution in [1.82, 2.24) is 9.97 Å². The molecule has 7 heteroatoms. The van der Waals surface area contributed by atoms with Gasteiger partial charge < -0.3 is 5.11 Å². The van der Waals surface area contributed by atoms with Gasteiger partial charge in [-0.2, -0.15) is 5.10 Å². The molecule has 0 aliphatic carbocycles. The van der Waals surface area contributed by atoms with Crippen LogP contribution < -0.4 is 16.7 Å². The maximum absolute atomic E-state index is 11.4. The van der Waals surface area contributed by atoms with Crippen molar-refractivity contribution in [2.75, 3.05) is 5.43 Å². The van der Waals surface area contributed by atoms with E-state index in [1.807, 2.05) is 36.2 Å². The Hall–Kier alpha value is -2.83. The van der Waals surface area contributed by atoms with Crippen molar-refractivity contribution >= 4 is 11.9 Å². The number of benzene rings is 1. The number of hydrogen-bond donors (Lipinski definition) is 4. The van der Waals surface area contributed by atoms with Crippen LogP contribution in [0.25, 0.3) is 0 Å². The molecular weight excluding hydrogens is 248 g/mol. The highest BCUT2D eigenvalue weighted by Crippen LogP contribution is 2.08. The summed E-state index contributed by atoms with van der Waals surface area (Å²) in [6, 6.07) is 7.46. The Bertz CT molecular complexity index is 713. The Balaban J connectivity index is 2.18. The molecule has 0 spiro atoms. The molecule has 98 valence electrons. The van der Waals surface area contributed by atoms with Gasteiger partial charge in [-0.25, -0.2) is 4.79 Å². The molecule has 0 atom stereocenters. The Morgan fingerprint density at radius 1 is 1.21 bits per heavy atom. The minimum absolute atomic E-state index is 0.126. The molecule has 2 rings (SSSR count). The van der Waals surface area contributed by atoms with Gasteiger partial charge in [0.25, 0.3) is 5.56 Å². The standard InChI is InChI=1S/C12H12N4O3/c1-7-2-4-8(5-3-7)16-13-6-9-10(17)14-12(19)15-11(9)18/h2-6,16H,1H3,(H3,14,15,17,18,19). The minimum atomic E-state index is -0.772. The Morgan fingerprint density at radius 2 is 1.89 bits per heavy atom. The topological polar surface area (TPSA) is 110 Å². The summed E-state index contributed by atoms with van der Waals surface area (Å²) in [5.41, 5.74) is 2.95. The summed E-state index contributed by atoms with van der Waals surface area (Å²) in [6.45, 7) is 1.96. The molecule has 1 aromatic carbocycles. The van der Waals surface area contributed by atoms with Crippen LogP contribution in [-0.4, -0.2) is 21.3 Å². The first-order valence-corrected chi connectivity index (χ1v) is 5.47. The van der Waals surface area contributed by atoms with Crippen molar-refractivity contribution in [2.24, 2.45) is 5.10 Å². The van der Waals surface area contributed by atoms with E-state index in [1.54, 1.807) is 0 Å².